The molecule has 18 heavy (non-hydrogen) atoms. The molecule has 0 saturated carbocycles. The van der Waals surface area contributed by atoms with Gasteiger partial charge in [-0.25, -0.2) is 9.78 Å². The number of amides is 1. The fraction of sp³-hybridized carbons (Fsp3) is 0.583. The van der Waals surface area contributed by atoms with Crippen LogP contribution in [-0.2, 0) is 11.3 Å². The van der Waals surface area contributed by atoms with Crippen molar-refractivity contribution in [3.8, 4) is 0 Å². The fourth-order valence-electron chi connectivity index (χ4n) is 1.61. The summed E-state index contributed by atoms with van der Waals surface area (Å²) < 4.78 is 1.25. The Kier molecular flexibility index (Phi) is 6.07. The molecule has 1 heterocycles. The zero-order valence-corrected chi connectivity index (χ0v) is 10.5. The molecule has 1 unspecified atom stereocenters. The van der Waals surface area contributed by atoms with Gasteiger partial charge >= 0.3 is 5.69 Å². The van der Waals surface area contributed by atoms with Crippen molar-refractivity contribution in [3.63, 3.8) is 0 Å². The number of hydrogen-bond acceptors (Lipinski definition) is 4. The number of hydrogen-bond donors (Lipinski definition) is 2. The van der Waals surface area contributed by atoms with Crippen LogP contribution >= 0.6 is 0 Å². The first-order chi connectivity index (χ1) is 8.67. The van der Waals surface area contributed by atoms with E-state index in [2.05, 4.69) is 10.3 Å². The van der Waals surface area contributed by atoms with E-state index in [1.165, 1.54) is 17.0 Å². The van der Waals surface area contributed by atoms with Crippen molar-refractivity contribution in [2.24, 2.45) is 5.92 Å². The minimum atomic E-state index is -0.435. The SMILES string of the molecule is CCC(CCO)CNC(=O)Cn1cccnc1=O. The van der Waals surface area contributed by atoms with E-state index in [0.29, 0.717) is 13.0 Å². The second-order valence-corrected chi connectivity index (χ2v) is 4.12. The van der Waals surface area contributed by atoms with E-state index in [1.807, 2.05) is 6.92 Å². The fourth-order valence-corrected chi connectivity index (χ4v) is 1.61. The molecule has 0 aliphatic rings. The molecule has 0 radical (unpaired) electrons. The summed E-state index contributed by atoms with van der Waals surface area (Å²) in [5.41, 5.74) is -0.435. The van der Waals surface area contributed by atoms with Gasteiger partial charge in [0.2, 0.25) is 5.91 Å². The molecule has 0 spiro atoms. The average Bonchev–Trinajstić information content (AvgIpc) is 2.37. The van der Waals surface area contributed by atoms with E-state index in [4.69, 9.17) is 5.11 Å². The quantitative estimate of drug-likeness (QED) is 0.703. The first-order valence-electron chi connectivity index (χ1n) is 6.06. The Morgan fingerprint density at radius 2 is 2.39 bits per heavy atom. The Hall–Kier alpha value is -1.69. The smallest absolute Gasteiger partial charge is 0.347 e. The van der Waals surface area contributed by atoms with Crippen LogP contribution in [0.3, 0.4) is 0 Å². The zero-order chi connectivity index (χ0) is 13.4. The van der Waals surface area contributed by atoms with Crippen molar-refractivity contribution in [3.05, 3.63) is 28.9 Å². The summed E-state index contributed by atoms with van der Waals surface area (Å²) in [7, 11) is 0. The van der Waals surface area contributed by atoms with Crippen LogP contribution in [0.5, 0.6) is 0 Å². The van der Waals surface area contributed by atoms with Gasteiger partial charge in [-0.1, -0.05) is 13.3 Å². The third kappa shape index (κ3) is 4.67. The molecule has 1 aromatic heterocycles. The first-order valence-corrected chi connectivity index (χ1v) is 6.06. The first kappa shape index (κ1) is 14.4. The molecule has 1 atom stereocenters. The Morgan fingerprint density at radius 3 is 3.00 bits per heavy atom. The number of aliphatic hydroxyl groups excluding tert-OH is 1. The molecule has 0 saturated heterocycles. The van der Waals surface area contributed by atoms with Crippen LogP contribution in [0.2, 0.25) is 0 Å². The summed E-state index contributed by atoms with van der Waals surface area (Å²) in [6.45, 7) is 2.63. The Labute approximate surface area is 106 Å². The molecule has 100 valence electrons. The van der Waals surface area contributed by atoms with Crippen molar-refractivity contribution in [1.29, 1.82) is 0 Å². The van der Waals surface area contributed by atoms with Crippen LogP contribution in [0, 0.1) is 5.92 Å². The van der Waals surface area contributed by atoms with Crippen molar-refractivity contribution in [2.75, 3.05) is 13.2 Å². The van der Waals surface area contributed by atoms with Crippen molar-refractivity contribution in [2.45, 2.75) is 26.3 Å². The van der Waals surface area contributed by atoms with Crippen LogP contribution in [-0.4, -0.2) is 33.7 Å². The molecule has 6 nitrogen and oxygen atoms in total. The lowest BCUT2D eigenvalue weighted by Gasteiger charge is -2.14. The number of aliphatic hydroxyl groups is 1. The number of carbonyl (C=O) groups excluding carboxylic acids is 1. The molecule has 1 rings (SSSR count). The molecule has 0 aromatic carbocycles. The summed E-state index contributed by atoms with van der Waals surface area (Å²) in [6.07, 6.45) is 4.49. The monoisotopic (exact) mass is 253 g/mol. The third-order valence-electron chi connectivity index (χ3n) is 2.80. The maximum Gasteiger partial charge on any atom is 0.347 e. The van der Waals surface area contributed by atoms with Crippen LogP contribution < -0.4 is 11.0 Å². The van der Waals surface area contributed by atoms with Gasteiger partial charge in [0.15, 0.2) is 0 Å². The van der Waals surface area contributed by atoms with Crippen molar-refractivity contribution >= 4 is 5.91 Å². The predicted molar refractivity (Wildman–Crippen MR) is 67.0 cm³/mol. The van der Waals surface area contributed by atoms with Gasteiger partial charge in [0.1, 0.15) is 6.54 Å². The van der Waals surface area contributed by atoms with E-state index in [1.54, 1.807) is 6.07 Å². The molecule has 0 fully saturated rings. The second kappa shape index (κ2) is 7.60. The summed E-state index contributed by atoms with van der Waals surface area (Å²) in [5.74, 6) is 0.0473. The average molecular weight is 253 g/mol. The molecule has 0 bridgehead atoms. The van der Waals surface area contributed by atoms with E-state index < -0.39 is 5.69 Å². The van der Waals surface area contributed by atoms with E-state index in [9.17, 15) is 9.59 Å². The van der Waals surface area contributed by atoms with E-state index in [0.717, 1.165) is 6.42 Å². The van der Waals surface area contributed by atoms with Crippen LogP contribution in [0.25, 0.3) is 0 Å². The van der Waals surface area contributed by atoms with Crippen LogP contribution in [0.4, 0.5) is 0 Å². The van der Waals surface area contributed by atoms with Crippen molar-refractivity contribution in [1.82, 2.24) is 14.9 Å². The van der Waals surface area contributed by atoms with Gasteiger partial charge in [-0.2, -0.15) is 0 Å². The maximum atomic E-state index is 11.6. The Balaban J connectivity index is 2.43. The molecular formula is C12H19N3O3. The molecule has 1 amide bonds. The van der Waals surface area contributed by atoms with Crippen LogP contribution in [0.15, 0.2) is 23.3 Å². The summed E-state index contributed by atoms with van der Waals surface area (Å²) in [6, 6.07) is 1.61. The summed E-state index contributed by atoms with van der Waals surface area (Å²) in [5, 5.41) is 11.6. The summed E-state index contributed by atoms with van der Waals surface area (Å²) >= 11 is 0. The normalized spacial score (nSPS) is 12.1. The lowest BCUT2D eigenvalue weighted by atomic mass is 10.0. The van der Waals surface area contributed by atoms with Gasteiger partial charge in [-0.3, -0.25) is 9.36 Å². The van der Waals surface area contributed by atoms with Crippen LogP contribution in [0.1, 0.15) is 19.8 Å². The Bertz CT molecular complexity index is 431. The summed E-state index contributed by atoms with van der Waals surface area (Å²) in [4.78, 5) is 26.5. The highest BCUT2D eigenvalue weighted by atomic mass is 16.3. The highest BCUT2D eigenvalue weighted by Gasteiger charge is 2.09. The minimum absolute atomic E-state index is 0.0256. The van der Waals surface area contributed by atoms with Gasteiger partial charge in [-0.15, -0.1) is 0 Å². The van der Waals surface area contributed by atoms with Gasteiger partial charge in [0.25, 0.3) is 0 Å². The molecule has 6 heteroatoms. The maximum absolute atomic E-state index is 11.6. The van der Waals surface area contributed by atoms with Gasteiger partial charge < -0.3 is 10.4 Å². The third-order valence-corrected chi connectivity index (χ3v) is 2.80. The molecule has 1 aromatic rings. The molecule has 2 N–H and O–H groups in total. The predicted octanol–water partition coefficient (Wildman–Crippen LogP) is -0.232. The van der Waals surface area contributed by atoms with Gasteiger partial charge in [0, 0.05) is 25.5 Å². The highest BCUT2D eigenvalue weighted by Crippen LogP contribution is 2.05. The highest BCUT2D eigenvalue weighted by molar-refractivity contribution is 5.75. The number of aromatic nitrogens is 2. The van der Waals surface area contributed by atoms with Crippen molar-refractivity contribution < 1.29 is 9.90 Å². The number of carbonyl (C=O) groups is 1. The number of nitrogens with one attached hydrogen (secondary N) is 1. The largest absolute Gasteiger partial charge is 0.396 e. The standard InChI is InChI=1S/C12H19N3O3/c1-2-10(4-7-16)8-14-11(17)9-15-6-3-5-13-12(15)18/h3,5-6,10,16H,2,4,7-9H2,1H3,(H,14,17). The lowest BCUT2D eigenvalue weighted by molar-refractivity contribution is -0.121. The zero-order valence-electron chi connectivity index (χ0n) is 10.5. The molecule has 0 aliphatic heterocycles. The topological polar surface area (TPSA) is 84.2 Å². The van der Waals surface area contributed by atoms with Gasteiger partial charge in [-0.05, 0) is 18.4 Å². The lowest BCUT2D eigenvalue weighted by Crippen LogP contribution is -2.35. The molecular weight excluding hydrogens is 234 g/mol. The second-order valence-electron chi connectivity index (χ2n) is 4.12. The Morgan fingerprint density at radius 1 is 1.61 bits per heavy atom. The van der Waals surface area contributed by atoms with E-state index >= 15 is 0 Å². The molecule has 0 aliphatic carbocycles. The number of rotatable bonds is 7. The minimum Gasteiger partial charge on any atom is -0.396 e. The van der Waals surface area contributed by atoms with Gasteiger partial charge in [0.05, 0.1) is 0 Å². The van der Waals surface area contributed by atoms with E-state index in [-0.39, 0.29) is 25.0 Å². The number of nitrogens with zero attached hydrogens (tertiary/aromatic N) is 2.